The van der Waals surface area contributed by atoms with Crippen molar-refractivity contribution in [3.63, 3.8) is 0 Å². The number of hydrogen-bond acceptors (Lipinski definition) is 5. The standard InChI is InChI=1S/C21H19FINO3S2/c1-3-8-24-20(25)18(29-21(24)28)11-13-9-16(23)19(17(10-13)26-2)27-12-14-6-4-5-7-15(14)22/h4-7,9-11H,3,8,12H2,1-2H3/b18-11-. The van der Waals surface area contributed by atoms with Gasteiger partial charge >= 0.3 is 0 Å². The fourth-order valence-corrected chi connectivity index (χ4v) is 4.89. The number of ether oxygens (including phenoxy) is 2. The molecule has 4 nitrogen and oxygen atoms in total. The number of hydrogen-bond donors (Lipinski definition) is 0. The zero-order chi connectivity index (χ0) is 21.0. The van der Waals surface area contributed by atoms with Crippen LogP contribution in [0, 0.1) is 9.39 Å². The third-order valence-corrected chi connectivity index (χ3v) is 6.38. The molecule has 0 bridgehead atoms. The summed E-state index contributed by atoms with van der Waals surface area (Å²) in [5.41, 5.74) is 1.27. The highest BCUT2D eigenvalue weighted by atomic mass is 127. The summed E-state index contributed by atoms with van der Waals surface area (Å²) in [5.74, 6) is 0.665. The third kappa shape index (κ3) is 5.10. The van der Waals surface area contributed by atoms with Crippen LogP contribution in [-0.2, 0) is 11.4 Å². The second-order valence-electron chi connectivity index (χ2n) is 6.25. The summed E-state index contributed by atoms with van der Waals surface area (Å²) in [7, 11) is 1.55. The second-order valence-corrected chi connectivity index (χ2v) is 9.09. The Bertz CT molecular complexity index is 980. The molecule has 0 radical (unpaired) electrons. The number of nitrogens with zero attached hydrogens (tertiary/aromatic N) is 1. The summed E-state index contributed by atoms with van der Waals surface area (Å²) >= 11 is 8.76. The van der Waals surface area contributed by atoms with Crippen LogP contribution in [0.5, 0.6) is 11.5 Å². The predicted octanol–water partition coefficient (Wildman–Crippen LogP) is 5.63. The van der Waals surface area contributed by atoms with E-state index in [9.17, 15) is 9.18 Å². The van der Waals surface area contributed by atoms with Gasteiger partial charge < -0.3 is 9.47 Å². The molecule has 0 aromatic heterocycles. The summed E-state index contributed by atoms with van der Waals surface area (Å²) in [4.78, 5) is 14.8. The molecule has 0 spiro atoms. The number of carbonyl (C=O) groups excluding carboxylic acids is 1. The SMILES string of the molecule is CCCN1C(=O)/C(=C/c2cc(I)c(OCc3ccccc3F)c(OC)c2)SC1=S. The van der Waals surface area contributed by atoms with E-state index in [0.717, 1.165) is 15.6 Å². The van der Waals surface area contributed by atoms with E-state index in [1.54, 1.807) is 42.4 Å². The molecular formula is C21H19FINO3S2. The molecule has 0 unspecified atom stereocenters. The Hall–Kier alpha value is -1.65. The molecule has 1 heterocycles. The van der Waals surface area contributed by atoms with Crippen molar-refractivity contribution in [1.82, 2.24) is 4.90 Å². The lowest BCUT2D eigenvalue weighted by molar-refractivity contribution is -0.122. The Morgan fingerprint density at radius 1 is 1.31 bits per heavy atom. The van der Waals surface area contributed by atoms with Gasteiger partial charge in [-0.2, -0.15) is 0 Å². The van der Waals surface area contributed by atoms with Crippen molar-refractivity contribution in [1.29, 1.82) is 0 Å². The lowest BCUT2D eigenvalue weighted by atomic mass is 10.1. The molecule has 2 aromatic carbocycles. The molecule has 1 saturated heterocycles. The summed E-state index contributed by atoms with van der Waals surface area (Å²) in [6.07, 6.45) is 2.65. The predicted molar refractivity (Wildman–Crippen MR) is 127 cm³/mol. The van der Waals surface area contributed by atoms with Gasteiger partial charge in [-0.3, -0.25) is 9.69 Å². The van der Waals surface area contributed by atoms with E-state index in [0.29, 0.717) is 32.8 Å². The molecule has 0 aliphatic carbocycles. The van der Waals surface area contributed by atoms with Crippen molar-refractivity contribution in [3.05, 3.63) is 61.8 Å². The zero-order valence-corrected chi connectivity index (χ0v) is 19.7. The Balaban J connectivity index is 1.84. The van der Waals surface area contributed by atoms with E-state index < -0.39 is 0 Å². The van der Waals surface area contributed by atoms with Crippen molar-refractivity contribution in [2.24, 2.45) is 0 Å². The van der Waals surface area contributed by atoms with Crippen LogP contribution < -0.4 is 9.47 Å². The van der Waals surface area contributed by atoms with Crippen molar-refractivity contribution in [3.8, 4) is 11.5 Å². The molecule has 2 aromatic rings. The van der Waals surface area contributed by atoms with Crippen molar-refractivity contribution >= 4 is 62.9 Å². The van der Waals surface area contributed by atoms with Crippen molar-refractivity contribution < 1.29 is 18.7 Å². The van der Waals surface area contributed by atoms with Crippen LogP contribution >= 0.6 is 46.6 Å². The van der Waals surface area contributed by atoms with Gasteiger partial charge in [-0.1, -0.05) is 49.1 Å². The molecule has 152 valence electrons. The van der Waals surface area contributed by atoms with Crippen LogP contribution in [0.2, 0.25) is 0 Å². The molecule has 8 heteroatoms. The first-order chi connectivity index (χ1) is 13.9. The highest BCUT2D eigenvalue weighted by molar-refractivity contribution is 14.1. The number of rotatable bonds is 7. The minimum absolute atomic E-state index is 0.0734. The topological polar surface area (TPSA) is 38.8 Å². The first kappa shape index (κ1) is 22.0. The van der Waals surface area contributed by atoms with Crippen LogP contribution in [0.4, 0.5) is 4.39 Å². The minimum Gasteiger partial charge on any atom is -0.493 e. The second kappa shape index (κ2) is 9.90. The molecule has 1 aliphatic heterocycles. The third-order valence-electron chi connectivity index (χ3n) is 4.20. The van der Waals surface area contributed by atoms with Crippen LogP contribution in [0.1, 0.15) is 24.5 Å². The van der Waals surface area contributed by atoms with Crippen LogP contribution in [0.3, 0.4) is 0 Å². The zero-order valence-electron chi connectivity index (χ0n) is 15.9. The van der Waals surface area contributed by atoms with Gasteiger partial charge in [0.2, 0.25) is 0 Å². The number of thiocarbonyl (C=S) groups is 1. The fourth-order valence-electron chi connectivity index (χ4n) is 2.80. The lowest BCUT2D eigenvalue weighted by Crippen LogP contribution is -2.28. The van der Waals surface area contributed by atoms with E-state index in [1.807, 2.05) is 13.0 Å². The van der Waals surface area contributed by atoms with Crippen molar-refractivity contribution in [2.45, 2.75) is 20.0 Å². The normalized spacial score (nSPS) is 15.3. The Kier molecular flexibility index (Phi) is 7.53. The van der Waals surface area contributed by atoms with Gasteiger partial charge in [0.05, 0.1) is 15.6 Å². The molecule has 29 heavy (non-hydrogen) atoms. The number of benzene rings is 2. The van der Waals surface area contributed by atoms with E-state index in [2.05, 4.69) is 22.6 Å². The van der Waals surface area contributed by atoms with Crippen LogP contribution in [-0.4, -0.2) is 28.8 Å². The lowest BCUT2D eigenvalue weighted by Gasteiger charge is -2.14. The van der Waals surface area contributed by atoms with Gasteiger partial charge in [0.15, 0.2) is 11.5 Å². The van der Waals surface area contributed by atoms with E-state index >= 15 is 0 Å². The Morgan fingerprint density at radius 3 is 2.76 bits per heavy atom. The molecule has 1 amide bonds. The Morgan fingerprint density at radius 2 is 2.07 bits per heavy atom. The van der Waals surface area contributed by atoms with E-state index in [-0.39, 0.29) is 18.3 Å². The number of carbonyl (C=O) groups is 1. The van der Waals surface area contributed by atoms with Gasteiger partial charge in [0.25, 0.3) is 5.91 Å². The van der Waals surface area contributed by atoms with Crippen LogP contribution in [0.15, 0.2) is 41.3 Å². The van der Waals surface area contributed by atoms with Crippen LogP contribution in [0.25, 0.3) is 6.08 Å². The fraction of sp³-hybridized carbons (Fsp3) is 0.238. The summed E-state index contributed by atoms with van der Waals surface area (Å²) in [6, 6.07) is 10.2. The van der Waals surface area contributed by atoms with Crippen molar-refractivity contribution in [2.75, 3.05) is 13.7 Å². The van der Waals surface area contributed by atoms with E-state index in [4.69, 9.17) is 21.7 Å². The quantitative estimate of drug-likeness (QED) is 0.257. The maximum atomic E-state index is 13.9. The average Bonchev–Trinajstić information content (AvgIpc) is 2.95. The first-order valence-electron chi connectivity index (χ1n) is 8.93. The summed E-state index contributed by atoms with van der Waals surface area (Å²) in [6.45, 7) is 2.72. The number of halogens is 2. The van der Waals surface area contributed by atoms with Gasteiger partial charge in [-0.25, -0.2) is 4.39 Å². The van der Waals surface area contributed by atoms with E-state index in [1.165, 1.54) is 17.8 Å². The summed E-state index contributed by atoms with van der Waals surface area (Å²) < 4.78 is 26.6. The highest BCUT2D eigenvalue weighted by Gasteiger charge is 2.31. The molecule has 0 N–H and O–H groups in total. The highest BCUT2D eigenvalue weighted by Crippen LogP contribution is 2.37. The molecule has 1 aliphatic rings. The molecule has 0 saturated carbocycles. The Labute approximate surface area is 192 Å². The largest absolute Gasteiger partial charge is 0.493 e. The van der Waals surface area contributed by atoms with Gasteiger partial charge in [-0.15, -0.1) is 0 Å². The smallest absolute Gasteiger partial charge is 0.266 e. The monoisotopic (exact) mass is 543 g/mol. The van der Waals surface area contributed by atoms with Gasteiger partial charge in [0.1, 0.15) is 16.7 Å². The van der Waals surface area contributed by atoms with Gasteiger partial charge in [-0.05, 0) is 58.9 Å². The molecule has 0 atom stereocenters. The number of amides is 1. The summed E-state index contributed by atoms with van der Waals surface area (Å²) in [5, 5.41) is 0. The molecule has 3 rings (SSSR count). The number of thioether (sulfide) groups is 1. The van der Waals surface area contributed by atoms with Gasteiger partial charge in [0, 0.05) is 12.1 Å². The molecule has 1 fully saturated rings. The number of methoxy groups -OCH3 is 1. The maximum Gasteiger partial charge on any atom is 0.266 e. The maximum absolute atomic E-state index is 13.9. The average molecular weight is 543 g/mol. The molecular weight excluding hydrogens is 524 g/mol. The minimum atomic E-state index is -0.313. The first-order valence-corrected chi connectivity index (χ1v) is 11.2.